The zero-order valence-electron chi connectivity index (χ0n) is 8.58. The van der Waals surface area contributed by atoms with E-state index in [2.05, 4.69) is 22.6 Å². The van der Waals surface area contributed by atoms with E-state index in [-0.39, 0.29) is 5.43 Å². The molecule has 0 saturated carbocycles. The molecule has 6 heteroatoms. The molecule has 0 aliphatic carbocycles. The SMILES string of the molecule is Cc1c(Cl)cc2c(=O)c([Se]C#N)coc2c1I. The van der Waals surface area contributed by atoms with Crippen LogP contribution in [0.1, 0.15) is 5.56 Å². The monoisotopic (exact) mass is 425 g/mol. The van der Waals surface area contributed by atoms with E-state index in [4.69, 9.17) is 21.3 Å². The van der Waals surface area contributed by atoms with E-state index >= 15 is 0 Å². The Morgan fingerprint density at radius 3 is 2.94 bits per heavy atom. The van der Waals surface area contributed by atoms with Gasteiger partial charge in [0.2, 0.25) is 0 Å². The van der Waals surface area contributed by atoms with Gasteiger partial charge in [-0.3, -0.25) is 0 Å². The second-order valence-corrected chi connectivity index (χ2v) is 6.52. The zero-order chi connectivity index (χ0) is 12.6. The molecule has 2 aromatic rings. The Labute approximate surface area is 122 Å². The topological polar surface area (TPSA) is 54.0 Å². The fraction of sp³-hybridized carbons (Fsp3) is 0.0909. The molecule has 0 atom stereocenters. The number of benzene rings is 1. The number of rotatable bonds is 1. The van der Waals surface area contributed by atoms with Gasteiger partial charge in [-0.15, -0.1) is 0 Å². The summed E-state index contributed by atoms with van der Waals surface area (Å²) < 4.78 is 6.69. The average molecular weight is 424 g/mol. The second kappa shape index (κ2) is 4.99. The number of nitrogens with zero attached hydrogens (tertiary/aromatic N) is 1. The first-order valence-corrected chi connectivity index (χ1v) is 7.69. The van der Waals surface area contributed by atoms with E-state index in [1.807, 2.05) is 11.9 Å². The van der Waals surface area contributed by atoms with Crippen LogP contribution >= 0.6 is 34.2 Å². The Morgan fingerprint density at radius 2 is 2.29 bits per heavy atom. The van der Waals surface area contributed by atoms with Crippen molar-refractivity contribution in [3.05, 3.63) is 36.7 Å². The number of nitriles is 1. The van der Waals surface area contributed by atoms with Crippen LogP contribution in [0.25, 0.3) is 11.0 Å². The van der Waals surface area contributed by atoms with Crippen molar-refractivity contribution >= 4 is 64.6 Å². The Morgan fingerprint density at radius 1 is 1.59 bits per heavy atom. The van der Waals surface area contributed by atoms with Crippen LogP contribution < -0.4 is 9.89 Å². The summed E-state index contributed by atoms with van der Waals surface area (Å²) in [5.41, 5.74) is 1.27. The quantitative estimate of drug-likeness (QED) is 0.521. The van der Waals surface area contributed by atoms with Gasteiger partial charge >= 0.3 is 123 Å². The number of fused-ring (bicyclic) bond motifs is 1. The Bertz CT molecular complexity index is 705. The summed E-state index contributed by atoms with van der Waals surface area (Å²) >= 11 is 7.63. The molecule has 0 aliphatic heterocycles. The number of hydrogen-bond donors (Lipinski definition) is 0. The van der Waals surface area contributed by atoms with Crippen molar-refractivity contribution in [1.82, 2.24) is 0 Å². The summed E-state index contributed by atoms with van der Waals surface area (Å²) in [6.45, 7) is 1.87. The maximum absolute atomic E-state index is 12.1. The van der Waals surface area contributed by atoms with Gasteiger partial charge in [-0.05, 0) is 0 Å². The Kier molecular flexibility index (Phi) is 3.79. The summed E-state index contributed by atoms with van der Waals surface area (Å²) in [5.74, 6) is 0. The van der Waals surface area contributed by atoms with Crippen molar-refractivity contribution in [2.24, 2.45) is 0 Å². The first kappa shape index (κ1) is 12.9. The third-order valence-corrected chi connectivity index (χ3v) is 5.25. The predicted molar refractivity (Wildman–Crippen MR) is 75.9 cm³/mol. The molecule has 0 radical (unpaired) electrons. The third kappa shape index (κ3) is 2.23. The fourth-order valence-corrected chi connectivity index (χ4v) is 3.30. The molecular weight excluding hydrogens is 419 g/mol. The van der Waals surface area contributed by atoms with E-state index in [0.717, 1.165) is 9.13 Å². The van der Waals surface area contributed by atoms with E-state index in [1.54, 1.807) is 6.07 Å². The van der Waals surface area contributed by atoms with Gasteiger partial charge in [-0.2, -0.15) is 0 Å². The molecule has 2 rings (SSSR count). The van der Waals surface area contributed by atoms with Gasteiger partial charge in [-0.25, -0.2) is 0 Å². The van der Waals surface area contributed by atoms with E-state index in [9.17, 15) is 4.79 Å². The molecular formula is C11H5ClINO2Se. The Hall–Kier alpha value is -0.541. The van der Waals surface area contributed by atoms with Crippen LogP contribution in [0.5, 0.6) is 0 Å². The molecule has 0 fully saturated rings. The minimum atomic E-state index is -0.516. The summed E-state index contributed by atoms with van der Waals surface area (Å²) in [5, 5.41) is 9.62. The molecule has 0 unspecified atom stereocenters. The second-order valence-electron chi connectivity index (χ2n) is 3.30. The molecule has 0 amide bonds. The summed E-state index contributed by atoms with van der Waals surface area (Å²) in [4.78, 5) is 14.1. The van der Waals surface area contributed by atoms with Crippen LogP contribution in [0.3, 0.4) is 0 Å². The van der Waals surface area contributed by atoms with Crippen molar-refractivity contribution in [2.75, 3.05) is 0 Å². The fourth-order valence-electron chi connectivity index (χ4n) is 1.40. The van der Waals surface area contributed by atoms with Gasteiger partial charge in [0, 0.05) is 0 Å². The minimum absolute atomic E-state index is 0.160. The van der Waals surface area contributed by atoms with Crippen molar-refractivity contribution in [2.45, 2.75) is 6.92 Å². The van der Waals surface area contributed by atoms with Gasteiger partial charge in [0.05, 0.1) is 0 Å². The molecule has 3 nitrogen and oxygen atoms in total. The van der Waals surface area contributed by atoms with Gasteiger partial charge in [-0.1, -0.05) is 0 Å². The first-order chi connectivity index (χ1) is 8.06. The summed E-state index contributed by atoms with van der Waals surface area (Å²) in [6, 6.07) is 1.61. The van der Waals surface area contributed by atoms with E-state index in [0.29, 0.717) is 20.5 Å². The van der Waals surface area contributed by atoms with E-state index in [1.165, 1.54) is 6.26 Å². The van der Waals surface area contributed by atoms with Crippen LogP contribution in [0.2, 0.25) is 5.02 Å². The van der Waals surface area contributed by atoms with Gasteiger partial charge in [0.1, 0.15) is 0 Å². The van der Waals surface area contributed by atoms with Crippen LogP contribution in [0.4, 0.5) is 0 Å². The molecule has 0 N–H and O–H groups in total. The average Bonchev–Trinajstić information content (AvgIpc) is 2.31. The molecule has 86 valence electrons. The molecule has 1 aromatic carbocycles. The third-order valence-electron chi connectivity index (χ3n) is 2.31. The molecule has 0 spiro atoms. The van der Waals surface area contributed by atoms with Crippen molar-refractivity contribution in [3.63, 3.8) is 0 Å². The Balaban J connectivity index is 2.89. The molecule has 17 heavy (non-hydrogen) atoms. The van der Waals surface area contributed by atoms with Crippen molar-refractivity contribution < 1.29 is 4.42 Å². The van der Waals surface area contributed by atoms with Crippen LogP contribution in [0.15, 0.2) is 21.5 Å². The molecule has 0 saturated heterocycles. The molecule has 1 aromatic heterocycles. The van der Waals surface area contributed by atoms with Gasteiger partial charge in [0.15, 0.2) is 0 Å². The normalized spacial score (nSPS) is 10.5. The van der Waals surface area contributed by atoms with Crippen molar-refractivity contribution in [3.8, 4) is 4.97 Å². The zero-order valence-corrected chi connectivity index (χ0v) is 13.2. The number of halogens is 2. The van der Waals surface area contributed by atoms with E-state index < -0.39 is 15.0 Å². The molecule has 0 aliphatic rings. The predicted octanol–water partition coefficient (Wildman–Crippen LogP) is 2.17. The standard InChI is InChI=1S/C11H5ClINO2Se/c1-5-7(12)2-6-10(15)8(17-4-14)3-16-11(6)9(5)13/h2-3H,1H3. The first-order valence-electron chi connectivity index (χ1n) is 4.52. The summed E-state index contributed by atoms with van der Waals surface area (Å²) in [6.07, 6.45) is 1.38. The van der Waals surface area contributed by atoms with Crippen LogP contribution in [-0.2, 0) is 0 Å². The molecule has 1 heterocycles. The molecule has 0 bridgehead atoms. The number of hydrogen-bond acceptors (Lipinski definition) is 3. The van der Waals surface area contributed by atoms with Gasteiger partial charge in [0.25, 0.3) is 0 Å². The van der Waals surface area contributed by atoms with Crippen LogP contribution in [-0.4, -0.2) is 15.0 Å². The van der Waals surface area contributed by atoms with Crippen LogP contribution in [0, 0.1) is 20.7 Å². The van der Waals surface area contributed by atoms with Crippen molar-refractivity contribution in [1.29, 1.82) is 5.26 Å². The summed E-state index contributed by atoms with van der Waals surface area (Å²) in [7, 11) is 0. The van der Waals surface area contributed by atoms with Gasteiger partial charge < -0.3 is 0 Å². The maximum atomic E-state index is 12.1.